The first-order valence-corrected chi connectivity index (χ1v) is 8.93. The maximum atomic E-state index is 11.7. The molecule has 0 aliphatic heterocycles. The molecule has 0 saturated carbocycles. The van der Waals surface area contributed by atoms with Crippen LogP contribution < -0.4 is 5.32 Å². The topological polar surface area (TPSA) is 68.3 Å². The molecule has 2 aromatic heterocycles. The number of nitrogens with one attached hydrogen (secondary N) is 1. The summed E-state index contributed by atoms with van der Waals surface area (Å²) in [5, 5.41) is 4.65. The molecule has 0 aliphatic rings. The second kappa shape index (κ2) is 9.82. The molecule has 0 radical (unpaired) electrons. The highest BCUT2D eigenvalue weighted by atomic mass is 32.1. The maximum Gasteiger partial charge on any atom is 0.305 e. The van der Waals surface area contributed by atoms with Crippen molar-refractivity contribution in [2.45, 2.75) is 32.6 Å². The Morgan fingerprint density at radius 1 is 1.21 bits per heavy atom. The lowest BCUT2D eigenvalue weighted by Gasteiger charge is -2.06. The van der Waals surface area contributed by atoms with E-state index in [0.717, 1.165) is 24.2 Å². The molecule has 2 heterocycles. The van der Waals surface area contributed by atoms with Crippen LogP contribution in [0.25, 0.3) is 0 Å². The minimum atomic E-state index is -0.224. The lowest BCUT2D eigenvalue weighted by Crippen LogP contribution is -2.24. The van der Waals surface area contributed by atoms with Gasteiger partial charge in [0.2, 0.25) is 0 Å². The molecule has 24 heavy (non-hydrogen) atoms. The number of nitrogens with zero attached hydrogens (tertiary/aromatic N) is 1. The van der Waals surface area contributed by atoms with Crippen molar-refractivity contribution in [3.05, 3.63) is 52.0 Å². The summed E-state index contributed by atoms with van der Waals surface area (Å²) >= 11 is 1.40. The van der Waals surface area contributed by atoms with Crippen LogP contribution in [0.3, 0.4) is 0 Å². The molecule has 2 aromatic rings. The average molecular weight is 346 g/mol. The summed E-state index contributed by atoms with van der Waals surface area (Å²) in [6, 6.07) is 9.53. The third-order valence-corrected chi connectivity index (χ3v) is 4.24. The summed E-state index contributed by atoms with van der Waals surface area (Å²) in [6.07, 6.45) is 2.45. The fourth-order valence-corrected chi connectivity index (χ4v) is 2.82. The van der Waals surface area contributed by atoms with Crippen LogP contribution in [-0.4, -0.2) is 30.0 Å². The van der Waals surface area contributed by atoms with Crippen LogP contribution in [0.15, 0.2) is 35.7 Å². The summed E-state index contributed by atoms with van der Waals surface area (Å²) in [4.78, 5) is 28.4. The summed E-state index contributed by atoms with van der Waals surface area (Å²) in [5.74, 6) is -0.318. The first kappa shape index (κ1) is 18.1. The minimum Gasteiger partial charge on any atom is -0.466 e. The van der Waals surface area contributed by atoms with Gasteiger partial charge in [0.15, 0.2) is 0 Å². The van der Waals surface area contributed by atoms with E-state index < -0.39 is 0 Å². The first-order valence-electron chi connectivity index (χ1n) is 8.05. The quantitative estimate of drug-likeness (QED) is 0.559. The van der Waals surface area contributed by atoms with Gasteiger partial charge in [-0.3, -0.25) is 14.6 Å². The van der Waals surface area contributed by atoms with Gasteiger partial charge in [-0.1, -0.05) is 12.1 Å². The average Bonchev–Trinajstić information content (AvgIpc) is 3.10. The van der Waals surface area contributed by atoms with Gasteiger partial charge in [-0.15, -0.1) is 11.3 Å². The monoisotopic (exact) mass is 346 g/mol. The summed E-state index contributed by atoms with van der Waals surface area (Å²) < 4.78 is 5.20. The Morgan fingerprint density at radius 2 is 2.08 bits per heavy atom. The second-order valence-corrected chi connectivity index (χ2v) is 6.38. The third kappa shape index (κ3) is 6.50. The molecule has 0 atom stereocenters. The molecular formula is C18H22N2O3S. The molecule has 0 aromatic carbocycles. The number of hydrogen-bond acceptors (Lipinski definition) is 5. The van der Waals surface area contributed by atoms with Crippen LogP contribution in [0.2, 0.25) is 0 Å². The maximum absolute atomic E-state index is 11.7. The number of aryl methyl sites for hydroxylation is 2. The van der Waals surface area contributed by atoms with Gasteiger partial charge in [0.05, 0.1) is 11.5 Å². The van der Waals surface area contributed by atoms with E-state index in [9.17, 15) is 9.59 Å². The van der Waals surface area contributed by atoms with Gasteiger partial charge in [0, 0.05) is 24.4 Å². The number of hydrogen-bond donors (Lipinski definition) is 1. The Kier molecular flexibility index (Phi) is 7.42. The number of thiophene rings is 1. The number of carbonyl (C=O) groups is 2. The van der Waals surface area contributed by atoms with E-state index in [1.807, 2.05) is 36.6 Å². The molecule has 1 N–H and O–H groups in total. The number of ether oxygens (including phenoxy) is 1. The summed E-state index contributed by atoms with van der Waals surface area (Å²) in [6.45, 7) is 2.83. The summed E-state index contributed by atoms with van der Waals surface area (Å²) in [5.41, 5.74) is 2.01. The number of pyridine rings is 1. The molecule has 2 rings (SSSR count). The standard InChI is InChI=1S/C18H22N2O3S/c1-14-6-2-7-15(20-14)8-4-12-23-17(21)10-3-11-19-18(22)16-9-5-13-24-16/h2,5-7,9,13H,3-4,8,10-12H2,1H3,(H,19,22). The Labute approximate surface area is 146 Å². The summed E-state index contributed by atoms with van der Waals surface area (Å²) in [7, 11) is 0. The zero-order valence-corrected chi connectivity index (χ0v) is 14.6. The van der Waals surface area contributed by atoms with Crippen LogP contribution in [0.1, 0.15) is 40.3 Å². The molecule has 0 spiro atoms. The Bertz CT molecular complexity index is 656. The predicted octanol–water partition coefficient (Wildman–Crippen LogP) is 3.14. The van der Waals surface area contributed by atoms with Gasteiger partial charge in [0.25, 0.3) is 5.91 Å². The van der Waals surface area contributed by atoms with Crippen LogP contribution in [0.4, 0.5) is 0 Å². The number of rotatable bonds is 9. The molecule has 0 saturated heterocycles. The molecule has 0 fully saturated rings. The number of aromatic nitrogens is 1. The Hall–Kier alpha value is -2.21. The number of esters is 1. The van der Waals surface area contributed by atoms with Gasteiger partial charge in [-0.2, -0.15) is 0 Å². The molecule has 0 bridgehead atoms. The second-order valence-electron chi connectivity index (χ2n) is 5.43. The zero-order valence-electron chi connectivity index (χ0n) is 13.8. The largest absolute Gasteiger partial charge is 0.466 e. The fraction of sp³-hybridized carbons (Fsp3) is 0.389. The lowest BCUT2D eigenvalue weighted by atomic mass is 10.2. The van der Waals surface area contributed by atoms with Gasteiger partial charge >= 0.3 is 5.97 Å². The predicted molar refractivity (Wildman–Crippen MR) is 94.1 cm³/mol. The fourth-order valence-electron chi connectivity index (χ4n) is 2.18. The van der Waals surface area contributed by atoms with Crippen molar-refractivity contribution in [1.29, 1.82) is 0 Å². The van der Waals surface area contributed by atoms with Gasteiger partial charge < -0.3 is 10.1 Å². The molecule has 1 amide bonds. The zero-order chi connectivity index (χ0) is 17.2. The molecule has 128 valence electrons. The van der Waals surface area contributed by atoms with Crippen molar-refractivity contribution in [1.82, 2.24) is 10.3 Å². The number of carbonyl (C=O) groups excluding carboxylic acids is 2. The van der Waals surface area contributed by atoms with Crippen molar-refractivity contribution in [2.75, 3.05) is 13.2 Å². The Balaban J connectivity index is 1.51. The van der Waals surface area contributed by atoms with Crippen LogP contribution in [-0.2, 0) is 16.0 Å². The molecular weight excluding hydrogens is 324 g/mol. The SMILES string of the molecule is Cc1cccc(CCCOC(=O)CCCNC(=O)c2cccs2)n1. The van der Waals surface area contributed by atoms with Crippen LogP contribution in [0, 0.1) is 6.92 Å². The van der Waals surface area contributed by atoms with Crippen molar-refractivity contribution in [2.24, 2.45) is 0 Å². The van der Waals surface area contributed by atoms with E-state index in [1.54, 1.807) is 6.07 Å². The van der Waals surface area contributed by atoms with Gasteiger partial charge in [0.1, 0.15) is 0 Å². The molecule has 0 unspecified atom stereocenters. The van der Waals surface area contributed by atoms with Crippen molar-refractivity contribution >= 4 is 23.2 Å². The van der Waals surface area contributed by atoms with Crippen molar-refractivity contribution < 1.29 is 14.3 Å². The highest BCUT2D eigenvalue weighted by Crippen LogP contribution is 2.07. The lowest BCUT2D eigenvalue weighted by molar-refractivity contribution is -0.143. The van der Waals surface area contributed by atoms with Crippen molar-refractivity contribution in [3.63, 3.8) is 0 Å². The van der Waals surface area contributed by atoms with Crippen molar-refractivity contribution in [3.8, 4) is 0 Å². The molecule has 6 heteroatoms. The molecule has 5 nitrogen and oxygen atoms in total. The van der Waals surface area contributed by atoms with E-state index in [1.165, 1.54) is 11.3 Å². The minimum absolute atomic E-state index is 0.0935. The number of amides is 1. The highest BCUT2D eigenvalue weighted by Gasteiger charge is 2.07. The highest BCUT2D eigenvalue weighted by molar-refractivity contribution is 7.12. The van der Waals surface area contributed by atoms with E-state index in [4.69, 9.17) is 4.74 Å². The smallest absolute Gasteiger partial charge is 0.305 e. The van der Waals surface area contributed by atoms with Crippen LogP contribution in [0.5, 0.6) is 0 Å². The normalized spacial score (nSPS) is 10.4. The first-order chi connectivity index (χ1) is 11.6. The van der Waals surface area contributed by atoms with E-state index in [-0.39, 0.29) is 11.9 Å². The third-order valence-electron chi connectivity index (χ3n) is 3.37. The van der Waals surface area contributed by atoms with Gasteiger partial charge in [-0.25, -0.2) is 0 Å². The van der Waals surface area contributed by atoms with E-state index in [2.05, 4.69) is 10.3 Å². The van der Waals surface area contributed by atoms with E-state index in [0.29, 0.717) is 30.9 Å². The van der Waals surface area contributed by atoms with Crippen LogP contribution >= 0.6 is 11.3 Å². The molecule has 0 aliphatic carbocycles. The van der Waals surface area contributed by atoms with E-state index >= 15 is 0 Å². The van der Waals surface area contributed by atoms with Gasteiger partial charge in [-0.05, 0) is 49.8 Å². The Morgan fingerprint density at radius 3 is 2.83 bits per heavy atom.